The Bertz CT molecular complexity index is 661. The number of nitrogens with zero attached hydrogens (tertiary/aromatic N) is 1. The van der Waals surface area contributed by atoms with Crippen molar-refractivity contribution in [1.82, 2.24) is 4.90 Å². The predicted octanol–water partition coefficient (Wildman–Crippen LogP) is 3.17. The molecule has 1 saturated heterocycles. The van der Waals surface area contributed by atoms with E-state index in [1.807, 2.05) is 66.4 Å². The normalized spacial score (nSPS) is 20.3. The van der Waals surface area contributed by atoms with Gasteiger partial charge in [0.2, 0.25) is 0 Å². The van der Waals surface area contributed by atoms with Crippen molar-refractivity contribution in [1.29, 1.82) is 0 Å². The molecule has 1 aliphatic rings. The van der Waals surface area contributed by atoms with Crippen LogP contribution in [-0.4, -0.2) is 30.0 Å². The zero-order valence-corrected chi connectivity index (χ0v) is 14.5. The van der Waals surface area contributed by atoms with E-state index in [1.54, 1.807) is 0 Å². The average Bonchev–Trinajstić information content (AvgIpc) is 2.61. The number of halogens is 1. The Balaban J connectivity index is 0.00000208. The summed E-state index contributed by atoms with van der Waals surface area (Å²) in [5.41, 5.74) is 8.44. The zero-order valence-electron chi connectivity index (χ0n) is 13.7. The Morgan fingerprint density at radius 3 is 2.42 bits per heavy atom. The highest BCUT2D eigenvalue weighted by atomic mass is 35.5. The van der Waals surface area contributed by atoms with E-state index in [2.05, 4.69) is 0 Å². The van der Waals surface area contributed by atoms with E-state index in [0.29, 0.717) is 25.2 Å². The molecule has 5 heteroatoms. The first kappa shape index (κ1) is 18.5. The van der Waals surface area contributed by atoms with Crippen LogP contribution in [0.3, 0.4) is 0 Å². The monoisotopic (exact) mass is 346 g/mol. The van der Waals surface area contributed by atoms with Crippen LogP contribution in [0.25, 0.3) is 0 Å². The molecular formula is C19H23ClN2O2. The zero-order chi connectivity index (χ0) is 16.2. The maximum atomic E-state index is 12.8. The van der Waals surface area contributed by atoms with Gasteiger partial charge in [-0.15, -0.1) is 12.4 Å². The van der Waals surface area contributed by atoms with Gasteiger partial charge >= 0.3 is 0 Å². The molecule has 2 atom stereocenters. The minimum atomic E-state index is -0.0767. The smallest absolute Gasteiger partial charge is 0.254 e. The van der Waals surface area contributed by atoms with Crippen LogP contribution in [0.4, 0.5) is 0 Å². The number of hydrogen-bond donors (Lipinski definition) is 1. The predicted molar refractivity (Wildman–Crippen MR) is 97.2 cm³/mol. The lowest BCUT2D eigenvalue weighted by molar-refractivity contribution is -0.0691. The van der Waals surface area contributed by atoms with Crippen LogP contribution < -0.4 is 5.73 Å². The van der Waals surface area contributed by atoms with Crippen molar-refractivity contribution in [2.24, 2.45) is 5.73 Å². The summed E-state index contributed by atoms with van der Waals surface area (Å²) < 4.78 is 6.01. The SMILES string of the molecule is CC1CN(C(=O)c2ccc(CN)cc2)CC(c2ccccc2)O1.Cl. The molecule has 4 nitrogen and oxygen atoms in total. The summed E-state index contributed by atoms with van der Waals surface area (Å²) in [6, 6.07) is 17.6. The number of carbonyl (C=O) groups is 1. The molecule has 0 bridgehead atoms. The summed E-state index contributed by atoms with van der Waals surface area (Å²) in [6.45, 7) is 3.68. The molecule has 0 spiro atoms. The molecule has 0 aromatic heterocycles. The van der Waals surface area contributed by atoms with Crippen molar-refractivity contribution in [3.8, 4) is 0 Å². The Morgan fingerprint density at radius 1 is 1.12 bits per heavy atom. The average molecular weight is 347 g/mol. The summed E-state index contributed by atoms with van der Waals surface area (Å²) in [4.78, 5) is 14.6. The van der Waals surface area contributed by atoms with Gasteiger partial charge in [0.1, 0.15) is 6.10 Å². The van der Waals surface area contributed by atoms with E-state index < -0.39 is 0 Å². The second-order valence-electron chi connectivity index (χ2n) is 5.96. The van der Waals surface area contributed by atoms with Crippen LogP contribution >= 0.6 is 12.4 Å². The van der Waals surface area contributed by atoms with Gasteiger partial charge in [-0.2, -0.15) is 0 Å². The van der Waals surface area contributed by atoms with Crippen molar-refractivity contribution in [3.05, 3.63) is 71.3 Å². The van der Waals surface area contributed by atoms with E-state index >= 15 is 0 Å². The third-order valence-corrected chi connectivity index (χ3v) is 4.16. The molecule has 2 unspecified atom stereocenters. The summed E-state index contributed by atoms with van der Waals surface area (Å²) in [5, 5.41) is 0. The van der Waals surface area contributed by atoms with Crippen LogP contribution in [0.15, 0.2) is 54.6 Å². The number of nitrogens with two attached hydrogens (primary N) is 1. The number of morpholine rings is 1. The summed E-state index contributed by atoms with van der Waals surface area (Å²) >= 11 is 0. The van der Waals surface area contributed by atoms with Gasteiger partial charge in [0.15, 0.2) is 0 Å². The van der Waals surface area contributed by atoms with E-state index in [4.69, 9.17) is 10.5 Å². The minimum Gasteiger partial charge on any atom is -0.367 e. The van der Waals surface area contributed by atoms with Crippen LogP contribution in [0.5, 0.6) is 0 Å². The fraction of sp³-hybridized carbons (Fsp3) is 0.316. The summed E-state index contributed by atoms with van der Waals surface area (Å²) in [6.07, 6.45) is -0.0616. The van der Waals surface area contributed by atoms with Crippen LogP contribution in [-0.2, 0) is 11.3 Å². The largest absolute Gasteiger partial charge is 0.367 e. The van der Waals surface area contributed by atoms with Gasteiger partial charge in [0.05, 0.1) is 12.6 Å². The summed E-state index contributed by atoms with van der Waals surface area (Å²) in [5.74, 6) is 0.0460. The molecule has 3 rings (SSSR count). The van der Waals surface area contributed by atoms with Gasteiger partial charge in [0, 0.05) is 18.7 Å². The van der Waals surface area contributed by atoms with Gasteiger partial charge in [-0.3, -0.25) is 4.79 Å². The van der Waals surface area contributed by atoms with Gasteiger partial charge < -0.3 is 15.4 Å². The fourth-order valence-corrected chi connectivity index (χ4v) is 2.94. The molecule has 1 amide bonds. The van der Waals surface area contributed by atoms with E-state index in [9.17, 15) is 4.79 Å². The molecule has 1 fully saturated rings. The maximum absolute atomic E-state index is 12.8. The van der Waals surface area contributed by atoms with Crippen molar-refractivity contribution in [3.63, 3.8) is 0 Å². The lowest BCUT2D eigenvalue weighted by Crippen LogP contribution is -2.45. The highest BCUT2D eigenvalue weighted by Crippen LogP contribution is 2.26. The molecule has 128 valence electrons. The Kier molecular flexibility index (Phi) is 6.37. The first-order valence-electron chi connectivity index (χ1n) is 7.96. The maximum Gasteiger partial charge on any atom is 0.254 e. The molecule has 1 heterocycles. The van der Waals surface area contributed by atoms with Crippen molar-refractivity contribution in [2.45, 2.75) is 25.7 Å². The number of rotatable bonds is 3. The lowest BCUT2D eigenvalue weighted by atomic mass is 10.1. The molecule has 24 heavy (non-hydrogen) atoms. The first-order valence-corrected chi connectivity index (χ1v) is 7.96. The van der Waals surface area contributed by atoms with E-state index in [0.717, 1.165) is 11.1 Å². The Morgan fingerprint density at radius 2 is 1.79 bits per heavy atom. The molecule has 2 aromatic carbocycles. The highest BCUT2D eigenvalue weighted by molar-refractivity contribution is 5.94. The Hall–Kier alpha value is -1.88. The molecule has 0 saturated carbocycles. The van der Waals surface area contributed by atoms with Crippen molar-refractivity contribution >= 4 is 18.3 Å². The topological polar surface area (TPSA) is 55.6 Å². The van der Waals surface area contributed by atoms with Gasteiger partial charge in [-0.05, 0) is 30.2 Å². The number of benzene rings is 2. The third-order valence-electron chi connectivity index (χ3n) is 4.16. The van der Waals surface area contributed by atoms with Crippen LogP contribution in [0, 0.1) is 0 Å². The van der Waals surface area contributed by atoms with Crippen molar-refractivity contribution in [2.75, 3.05) is 13.1 Å². The van der Waals surface area contributed by atoms with Gasteiger partial charge in [0.25, 0.3) is 5.91 Å². The van der Waals surface area contributed by atoms with E-state index in [1.165, 1.54) is 0 Å². The second-order valence-corrected chi connectivity index (χ2v) is 5.96. The lowest BCUT2D eigenvalue weighted by Gasteiger charge is -2.37. The minimum absolute atomic E-state index is 0. The standard InChI is InChI=1S/C19H22N2O2.ClH/c1-14-12-21(13-18(23-14)16-5-3-2-4-6-16)19(22)17-9-7-15(11-20)8-10-17;/h2-10,14,18H,11-13,20H2,1H3;1H. The molecule has 1 aliphatic heterocycles. The van der Waals surface area contributed by atoms with Gasteiger partial charge in [-0.1, -0.05) is 42.5 Å². The Labute approximate surface area is 149 Å². The number of carbonyl (C=O) groups excluding carboxylic acids is 1. The van der Waals surface area contributed by atoms with Crippen molar-refractivity contribution < 1.29 is 9.53 Å². The molecule has 2 N–H and O–H groups in total. The summed E-state index contributed by atoms with van der Waals surface area (Å²) in [7, 11) is 0. The second kappa shape index (κ2) is 8.29. The first-order chi connectivity index (χ1) is 11.2. The molecular weight excluding hydrogens is 324 g/mol. The molecule has 0 aliphatic carbocycles. The third kappa shape index (κ3) is 4.15. The van der Waals surface area contributed by atoms with Crippen LogP contribution in [0.1, 0.15) is 34.5 Å². The number of ether oxygens (including phenoxy) is 1. The number of amides is 1. The van der Waals surface area contributed by atoms with E-state index in [-0.39, 0.29) is 30.5 Å². The fourth-order valence-electron chi connectivity index (χ4n) is 2.94. The van der Waals surface area contributed by atoms with Crippen LogP contribution in [0.2, 0.25) is 0 Å². The quantitative estimate of drug-likeness (QED) is 0.928. The molecule has 2 aromatic rings. The highest BCUT2D eigenvalue weighted by Gasteiger charge is 2.29. The number of hydrogen-bond acceptors (Lipinski definition) is 3. The molecule has 0 radical (unpaired) electrons. The van der Waals surface area contributed by atoms with Gasteiger partial charge in [-0.25, -0.2) is 0 Å².